The van der Waals surface area contributed by atoms with Crippen molar-refractivity contribution in [3.8, 4) is 11.3 Å². The van der Waals surface area contributed by atoms with Gasteiger partial charge in [-0.1, -0.05) is 6.92 Å². The first-order chi connectivity index (χ1) is 10.2. The molecule has 0 amide bonds. The molecule has 2 aromatic rings. The van der Waals surface area contributed by atoms with Gasteiger partial charge in [0.05, 0.1) is 11.3 Å². The van der Waals surface area contributed by atoms with Gasteiger partial charge < -0.3 is 9.88 Å². The number of nitrogens with zero attached hydrogens (tertiary/aromatic N) is 2. The molecule has 0 saturated heterocycles. The Morgan fingerprint density at radius 3 is 2.90 bits per heavy atom. The largest absolute Gasteiger partial charge is 0.365 e. The quantitative estimate of drug-likeness (QED) is 0.942. The summed E-state index contributed by atoms with van der Waals surface area (Å²) in [6, 6.07) is 2.08. The maximum absolute atomic E-state index is 12.8. The third-order valence-corrected chi connectivity index (χ3v) is 4.90. The summed E-state index contributed by atoms with van der Waals surface area (Å²) in [7, 11) is 1.85. The van der Waals surface area contributed by atoms with E-state index in [4.69, 9.17) is 0 Å². The summed E-state index contributed by atoms with van der Waals surface area (Å²) in [5, 5.41) is 5.85. The number of fused-ring (bicyclic) bond motifs is 1. The molecule has 1 aliphatic rings. The van der Waals surface area contributed by atoms with Crippen molar-refractivity contribution >= 4 is 16.5 Å². The highest BCUT2D eigenvalue weighted by Crippen LogP contribution is 2.27. The van der Waals surface area contributed by atoms with E-state index < -0.39 is 0 Å². The van der Waals surface area contributed by atoms with Gasteiger partial charge in [-0.25, -0.2) is 4.98 Å². The number of thiazole rings is 1. The van der Waals surface area contributed by atoms with Gasteiger partial charge in [0.1, 0.15) is 0 Å². The zero-order chi connectivity index (χ0) is 14.8. The molecule has 112 valence electrons. The Labute approximate surface area is 128 Å². The number of hydrogen-bond acceptors (Lipinski definition) is 4. The molecule has 1 N–H and O–H groups in total. The lowest BCUT2D eigenvalue weighted by Crippen LogP contribution is -2.28. The van der Waals surface area contributed by atoms with Gasteiger partial charge in [-0.15, -0.1) is 11.3 Å². The number of aryl methyl sites for hydroxylation is 1. The van der Waals surface area contributed by atoms with Crippen LogP contribution in [0.4, 0.5) is 5.13 Å². The number of hydrogen-bond donors (Lipinski definition) is 1. The fourth-order valence-corrected chi connectivity index (χ4v) is 3.71. The predicted molar refractivity (Wildman–Crippen MR) is 88.3 cm³/mol. The third kappa shape index (κ3) is 2.62. The van der Waals surface area contributed by atoms with Crippen LogP contribution in [0, 0.1) is 0 Å². The highest BCUT2D eigenvalue weighted by Gasteiger charge is 2.19. The Balaban J connectivity index is 2.16. The van der Waals surface area contributed by atoms with E-state index in [1.54, 1.807) is 0 Å². The molecule has 0 radical (unpaired) electrons. The van der Waals surface area contributed by atoms with Crippen LogP contribution >= 0.6 is 11.3 Å². The summed E-state index contributed by atoms with van der Waals surface area (Å²) in [5.74, 6) is 0. The normalized spacial score (nSPS) is 14.0. The van der Waals surface area contributed by atoms with E-state index in [-0.39, 0.29) is 5.56 Å². The Morgan fingerprint density at radius 1 is 1.38 bits per heavy atom. The van der Waals surface area contributed by atoms with Crippen LogP contribution in [0.25, 0.3) is 11.3 Å². The van der Waals surface area contributed by atoms with Crippen LogP contribution in [0.15, 0.2) is 16.2 Å². The molecule has 0 unspecified atom stereocenters. The standard InChI is InChI=1S/C16H21N3OS/c1-3-8-19-14-7-5-4-6-11(14)9-12(15(19)20)13-10-21-16(17-2)18-13/h9-10H,3-8H2,1-2H3,(H,17,18). The van der Waals surface area contributed by atoms with Crippen molar-refractivity contribution in [1.29, 1.82) is 0 Å². The molecular formula is C16H21N3OS. The molecular weight excluding hydrogens is 282 g/mol. The first-order valence-corrected chi connectivity index (χ1v) is 8.51. The van der Waals surface area contributed by atoms with E-state index in [1.807, 2.05) is 17.0 Å². The highest BCUT2D eigenvalue weighted by atomic mass is 32.1. The van der Waals surface area contributed by atoms with E-state index in [2.05, 4.69) is 23.3 Å². The average molecular weight is 303 g/mol. The molecule has 3 rings (SSSR count). The van der Waals surface area contributed by atoms with Gasteiger partial charge in [-0.05, 0) is 43.7 Å². The van der Waals surface area contributed by atoms with E-state index in [9.17, 15) is 4.79 Å². The van der Waals surface area contributed by atoms with E-state index in [0.717, 1.165) is 42.2 Å². The molecule has 0 saturated carbocycles. The molecule has 0 aliphatic heterocycles. The maximum Gasteiger partial charge on any atom is 0.260 e. The molecule has 0 spiro atoms. The van der Waals surface area contributed by atoms with Crippen molar-refractivity contribution in [2.75, 3.05) is 12.4 Å². The van der Waals surface area contributed by atoms with Gasteiger partial charge in [0.2, 0.25) is 0 Å². The molecule has 2 heterocycles. The summed E-state index contributed by atoms with van der Waals surface area (Å²) in [6.07, 6.45) is 5.50. The fraction of sp³-hybridized carbons (Fsp3) is 0.500. The van der Waals surface area contributed by atoms with Crippen molar-refractivity contribution in [1.82, 2.24) is 9.55 Å². The van der Waals surface area contributed by atoms with Crippen molar-refractivity contribution in [2.24, 2.45) is 0 Å². The summed E-state index contributed by atoms with van der Waals surface area (Å²) < 4.78 is 1.99. The maximum atomic E-state index is 12.8. The fourth-order valence-electron chi connectivity index (χ4n) is 3.04. The molecule has 2 aromatic heterocycles. The summed E-state index contributed by atoms with van der Waals surface area (Å²) in [5.41, 5.74) is 4.25. The van der Waals surface area contributed by atoms with Gasteiger partial charge >= 0.3 is 0 Å². The molecule has 0 aromatic carbocycles. The van der Waals surface area contributed by atoms with Gasteiger partial charge in [0, 0.05) is 24.7 Å². The minimum atomic E-state index is 0.116. The minimum Gasteiger partial charge on any atom is -0.365 e. The second-order valence-corrected chi connectivity index (χ2v) is 6.34. The summed E-state index contributed by atoms with van der Waals surface area (Å²) >= 11 is 1.54. The van der Waals surface area contributed by atoms with Crippen molar-refractivity contribution < 1.29 is 0 Å². The lowest BCUT2D eigenvalue weighted by Gasteiger charge is -2.22. The molecule has 0 atom stereocenters. The van der Waals surface area contributed by atoms with Crippen LogP contribution < -0.4 is 10.9 Å². The zero-order valence-corrected chi connectivity index (χ0v) is 13.4. The topological polar surface area (TPSA) is 46.9 Å². The Kier molecular flexibility index (Phi) is 4.10. The zero-order valence-electron chi connectivity index (χ0n) is 12.6. The number of pyridine rings is 1. The lowest BCUT2D eigenvalue weighted by molar-refractivity contribution is 0.567. The van der Waals surface area contributed by atoms with Crippen molar-refractivity contribution in [3.05, 3.63) is 33.1 Å². The number of nitrogens with one attached hydrogen (secondary N) is 1. The first kappa shape index (κ1) is 14.3. The third-order valence-electron chi connectivity index (χ3n) is 4.04. The van der Waals surface area contributed by atoms with E-state index in [0.29, 0.717) is 0 Å². The monoisotopic (exact) mass is 303 g/mol. The van der Waals surface area contributed by atoms with Crippen LogP contribution in [0.3, 0.4) is 0 Å². The van der Waals surface area contributed by atoms with Crippen molar-refractivity contribution in [2.45, 2.75) is 45.6 Å². The van der Waals surface area contributed by atoms with E-state index in [1.165, 1.54) is 35.4 Å². The van der Waals surface area contributed by atoms with Crippen molar-refractivity contribution in [3.63, 3.8) is 0 Å². The van der Waals surface area contributed by atoms with Crippen LogP contribution in [0.5, 0.6) is 0 Å². The van der Waals surface area contributed by atoms with Gasteiger partial charge in [0.25, 0.3) is 5.56 Å². The average Bonchev–Trinajstić information content (AvgIpc) is 2.98. The van der Waals surface area contributed by atoms with Gasteiger partial charge in [-0.3, -0.25) is 4.79 Å². The number of anilines is 1. The Morgan fingerprint density at radius 2 is 2.19 bits per heavy atom. The van der Waals surface area contributed by atoms with Crippen LogP contribution in [-0.4, -0.2) is 16.6 Å². The Bertz CT molecular complexity index is 702. The number of rotatable bonds is 4. The molecule has 1 aliphatic carbocycles. The highest BCUT2D eigenvalue weighted by molar-refractivity contribution is 7.14. The van der Waals surface area contributed by atoms with Crippen LogP contribution in [0.2, 0.25) is 0 Å². The summed E-state index contributed by atoms with van der Waals surface area (Å²) in [4.78, 5) is 17.3. The molecule has 21 heavy (non-hydrogen) atoms. The first-order valence-electron chi connectivity index (χ1n) is 7.63. The van der Waals surface area contributed by atoms with E-state index >= 15 is 0 Å². The predicted octanol–water partition coefficient (Wildman–Crippen LogP) is 3.30. The molecule has 0 bridgehead atoms. The van der Waals surface area contributed by atoms with Crippen LogP contribution in [-0.2, 0) is 19.4 Å². The minimum absolute atomic E-state index is 0.116. The smallest absolute Gasteiger partial charge is 0.260 e. The summed E-state index contributed by atoms with van der Waals surface area (Å²) in [6.45, 7) is 2.92. The molecule has 4 nitrogen and oxygen atoms in total. The second-order valence-electron chi connectivity index (χ2n) is 5.48. The lowest BCUT2D eigenvalue weighted by atomic mass is 9.94. The van der Waals surface area contributed by atoms with Gasteiger partial charge in [-0.2, -0.15) is 0 Å². The second kappa shape index (κ2) is 6.02. The van der Waals surface area contributed by atoms with Crippen LogP contribution in [0.1, 0.15) is 37.4 Å². The molecule has 5 heteroatoms. The van der Waals surface area contributed by atoms with Gasteiger partial charge in [0.15, 0.2) is 5.13 Å². The Hall–Kier alpha value is -1.62. The molecule has 0 fully saturated rings. The SMILES string of the molecule is CCCn1c2c(cc(-c3csc(NC)n3)c1=O)CCCC2. The number of aromatic nitrogens is 2.